The van der Waals surface area contributed by atoms with Gasteiger partial charge in [-0.05, 0) is 55.7 Å². The Labute approximate surface area is 193 Å². The third kappa shape index (κ3) is 5.22. The number of hydrogen-bond acceptors (Lipinski definition) is 5. The Kier molecular flexibility index (Phi) is 6.58. The molecule has 2 heterocycles. The van der Waals surface area contributed by atoms with Gasteiger partial charge in [-0.2, -0.15) is 18.3 Å². The van der Waals surface area contributed by atoms with E-state index < -0.39 is 17.3 Å². The first-order chi connectivity index (χ1) is 16.2. The van der Waals surface area contributed by atoms with Gasteiger partial charge >= 0.3 is 6.18 Å². The number of ether oxygens (including phenoxy) is 1. The van der Waals surface area contributed by atoms with Crippen LogP contribution in [0, 0.1) is 0 Å². The molecule has 1 saturated heterocycles. The quantitative estimate of drug-likeness (QED) is 0.568. The van der Waals surface area contributed by atoms with Crippen LogP contribution in [-0.4, -0.2) is 33.7 Å². The minimum absolute atomic E-state index is 0.0162. The number of amides is 1. The molecule has 10 heteroatoms. The summed E-state index contributed by atoms with van der Waals surface area (Å²) < 4.78 is 45.9. The summed E-state index contributed by atoms with van der Waals surface area (Å²) in [5.74, 6) is -0.233. The van der Waals surface area contributed by atoms with Crippen molar-refractivity contribution in [3.05, 3.63) is 76.2 Å². The van der Waals surface area contributed by atoms with Gasteiger partial charge in [0.1, 0.15) is 5.75 Å². The average molecular weight is 472 g/mol. The summed E-state index contributed by atoms with van der Waals surface area (Å²) in [7, 11) is 1.44. The molecule has 0 bridgehead atoms. The summed E-state index contributed by atoms with van der Waals surface area (Å²) in [5, 5.41) is 6.87. The molecule has 178 valence electrons. The van der Waals surface area contributed by atoms with Crippen LogP contribution >= 0.6 is 0 Å². The molecule has 1 aromatic heterocycles. The maximum atomic E-state index is 13.1. The first-order valence-corrected chi connectivity index (χ1v) is 10.8. The van der Waals surface area contributed by atoms with Crippen LogP contribution in [0.25, 0.3) is 0 Å². The molecule has 0 aliphatic carbocycles. The molecule has 0 spiro atoms. The molecule has 34 heavy (non-hydrogen) atoms. The average Bonchev–Trinajstić information content (AvgIpc) is 2.83. The number of nitrogens with zero attached hydrogens (tertiary/aromatic N) is 3. The van der Waals surface area contributed by atoms with Crippen LogP contribution in [0.1, 0.15) is 35.2 Å². The molecule has 0 saturated carbocycles. The largest absolute Gasteiger partial charge is 0.453 e. The second-order valence-corrected chi connectivity index (χ2v) is 8.00. The van der Waals surface area contributed by atoms with E-state index in [4.69, 9.17) is 4.74 Å². The number of nitrogens with one attached hydrogen (secondary N) is 1. The third-order valence-electron chi connectivity index (χ3n) is 5.51. The number of alkyl halides is 3. The van der Waals surface area contributed by atoms with Crippen molar-refractivity contribution in [2.24, 2.45) is 7.05 Å². The summed E-state index contributed by atoms with van der Waals surface area (Å²) in [6.45, 7) is 1.41. The fraction of sp³-hybridized carbons (Fsp3) is 0.292. The molecule has 1 amide bonds. The standard InChI is InChI=1S/C24H23F3N4O3/c1-30-23(33)21(20(15-28-30)34-19-10-6-8-17(14-19)24(25,26)27)29-18-9-5-7-16(13-18)22(32)31-11-3-2-4-12-31/h5-10,13-15,29H,2-4,11-12H2,1H3. The fourth-order valence-electron chi connectivity index (χ4n) is 3.73. The second kappa shape index (κ2) is 9.58. The van der Waals surface area contributed by atoms with Crippen LogP contribution in [0.15, 0.2) is 59.5 Å². The summed E-state index contributed by atoms with van der Waals surface area (Å²) in [6.07, 6.45) is -0.259. The zero-order valence-electron chi connectivity index (χ0n) is 18.4. The van der Waals surface area contributed by atoms with Gasteiger partial charge in [0.05, 0.1) is 11.8 Å². The number of hydrogen-bond donors (Lipinski definition) is 1. The highest BCUT2D eigenvalue weighted by molar-refractivity contribution is 5.95. The summed E-state index contributed by atoms with van der Waals surface area (Å²) >= 11 is 0. The topological polar surface area (TPSA) is 76.5 Å². The van der Waals surface area contributed by atoms with E-state index in [0.717, 1.165) is 36.1 Å². The number of carbonyl (C=O) groups is 1. The lowest BCUT2D eigenvalue weighted by Gasteiger charge is -2.26. The van der Waals surface area contributed by atoms with E-state index in [2.05, 4.69) is 10.4 Å². The number of aromatic nitrogens is 2. The molecular weight excluding hydrogens is 449 g/mol. The van der Waals surface area contributed by atoms with Crippen molar-refractivity contribution < 1.29 is 22.7 Å². The van der Waals surface area contributed by atoms with E-state index in [1.807, 2.05) is 0 Å². The highest BCUT2D eigenvalue weighted by Crippen LogP contribution is 2.34. The van der Waals surface area contributed by atoms with Crippen molar-refractivity contribution in [2.75, 3.05) is 18.4 Å². The van der Waals surface area contributed by atoms with Crippen molar-refractivity contribution in [3.8, 4) is 11.5 Å². The molecule has 1 N–H and O–H groups in total. The van der Waals surface area contributed by atoms with Crippen molar-refractivity contribution in [1.29, 1.82) is 0 Å². The van der Waals surface area contributed by atoms with Crippen molar-refractivity contribution in [1.82, 2.24) is 14.7 Å². The fourth-order valence-corrected chi connectivity index (χ4v) is 3.73. The number of aryl methyl sites for hydroxylation is 1. The number of rotatable bonds is 5. The normalized spacial score (nSPS) is 14.1. The molecule has 1 aliphatic rings. The first-order valence-electron chi connectivity index (χ1n) is 10.8. The van der Waals surface area contributed by atoms with E-state index in [1.165, 1.54) is 25.4 Å². The van der Waals surface area contributed by atoms with Crippen molar-refractivity contribution in [2.45, 2.75) is 25.4 Å². The highest BCUT2D eigenvalue weighted by atomic mass is 19.4. The molecule has 2 aromatic carbocycles. The number of likely N-dealkylation sites (tertiary alicyclic amines) is 1. The Morgan fingerprint density at radius 2 is 1.79 bits per heavy atom. The van der Waals surface area contributed by atoms with Crippen LogP contribution in [0.5, 0.6) is 11.5 Å². The molecule has 3 aromatic rings. The Bertz CT molecular complexity index is 1250. The zero-order valence-corrected chi connectivity index (χ0v) is 18.4. The van der Waals surface area contributed by atoms with Gasteiger partial charge in [-0.15, -0.1) is 0 Å². The number of piperidine rings is 1. The molecule has 7 nitrogen and oxygen atoms in total. The van der Waals surface area contributed by atoms with Gasteiger partial charge in [0, 0.05) is 31.4 Å². The second-order valence-electron chi connectivity index (χ2n) is 8.00. The van der Waals surface area contributed by atoms with Crippen LogP contribution in [0.2, 0.25) is 0 Å². The molecule has 1 aliphatic heterocycles. The van der Waals surface area contributed by atoms with E-state index in [1.54, 1.807) is 29.2 Å². The smallest absolute Gasteiger partial charge is 0.416 e. The lowest BCUT2D eigenvalue weighted by Crippen LogP contribution is -2.35. The number of halogens is 3. The van der Waals surface area contributed by atoms with Gasteiger partial charge in [0.15, 0.2) is 11.4 Å². The van der Waals surface area contributed by atoms with Crippen LogP contribution in [0.4, 0.5) is 24.5 Å². The van der Waals surface area contributed by atoms with Crippen LogP contribution in [0.3, 0.4) is 0 Å². The summed E-state index contributed by atoms with van der Waals surface area (Å²) in [4.78, 5) is 27.4. The SMILES string of the molecule is Cn1ncc(Oc2cccc(C(F)(F)F)c2)c(Nc2cccc(C(=O)N3CCCCC3)c2)c1=O. The third-order valence-corrected chi connectivity index (χ3v) is 5.51. The number of benzene rings is 2. The van der Waals surface area contributed by atoms with Crippen molar-refractivity contribution >= 4 is 17.3 Å². The number of carbonyl (C=O) groups excluding carboxylic acids is 1. The Hall–Kier alpha value is -3.82. The zero-order chi connectivity index (χ0) is 24.3. The predicted molar refractivity (Wildman–Crippen MR) is 120 cm³/mol. The predicted octanol–water partition coefficient (Wildman–Crippen LogP) is 4.96. The van der Waals surface area contributed by atoms with Gasteiger partial charge < -0.3 is 15.0 Å². The monoisotopic (exact) mass is 472 g/mol. The molecule has 0 unspecified atom stereocenters. The Balaban J connectivity index is 1.62. The summed E-state index contributed by atoms with van der Waals surface area (Å²) in [6, 6.07) is 11.1. The van der Waals surface area contributed by atoms with Gasteiger partial charge in [0.2, 0.25) is 0 Å². The van der Waals surface area contributed by atoms with E-state index in [-0.39, 0.29) is 23.1 Å². The molecular formula is C24H23F3N4O3. The first kappa shape index (κ1) is 23.3. The molecule has 0 radical (unpaired) electrons. The van der Waals surface area contributed by atoms with Crippen LogP contribution in [-0.2, 0) is 13.2 Å². The lowest BCUT2D eigenvalue weighted by atomic mass is 10.1. The minimum atomic E-state index is -4.53. The van der Waals surface area contributed by atoms with Crippen LogP contribution < -0.4 is 15.6 Å². The Morgan fingerprint density at radius 1 is 1.06 bits per heavy atom. The van der Waals surface area contributed by atoms with Gasteiger partial charge in [-0.1, -0.05) is 12.1 Å². The highest BCUT2D eigenvalue weighted by Gasteiger charge is 2.30. The van der Waals surface area contributed by atoms with Crippen molar-refractivity contribution in [3.63, 3.8) is 0 Å². The summed E-state index contributed by atoms with van der Waals surface area (Å²) in [5.41, 5.74) is -0.506. The minimum Gasteiger partial charge on any atom is -0.453 e. The van der Waals surface area contributed by atoms with Gasteiger partial charge in [0.25, 0.3) is 11.5 Å². The maximum Gasteiger partial charge on any atom is 0.416 e. The molecule has 1 fully saturated rings. The molecule has 4 rings (SSSR count). The van der Waals surface area contributed by atoms with Gasteiger partial charge in [-0.25, -0.2) is 4.68 Å². The maximum absolute atomic E-state index is 13.1. The van der Waals surface area contributed by atoms with Gasteiger partial charge in [-0.3, -0.25) is 9.59 Å². The van der Waals surface area contributed by atoms with E-state index >= 15 is 0 Å². The van der Waals surface area contributed by atoms with E-state index in [9.17, 15) is 22.8 Å². The Morgan fingerprint density at radius 3 is 2.53 bits per heavy atom. The van der Waals surface area contributed by atoms with E-state index in [0.29, 0.717) is 24.3 Å². The lowest BCUT2D eigenvalue weighted by molar-refractivity contribution is -0.137. The number of anilines is 2. The molecule has 0 atom stereocenters.